The number of hydrogen-bond acceptors (Lipinski definition) is 4. The van der Waals surface area contributed by atoms with Crippen molar-refractivity contribution in [2.45, 2.75) is 43.4 Å². The number of halogens is 3. The molecule has 0 saturated carbocycles. The molecule has 0 saturated heterocycles. The minimum atomic E-state index is -4.72. The molecule has 0 bridgehead atoms. The van der Waals surface area contributed by atoms with Crippen LogP contribution >= 0.6 is 0 Å². The van der Waals surface area contributed by atoms with E-state index in [1.807, 2.05) is 37.3 Å². The van der Waals surface area contributed by atoms with E-state index in [0.717, 1.165) is 38.8 Å². The molecule has 2 heterocycles. The van der Waals surface area contributed by atoms with E-state index in [4.69, 9.17) is 0 Å². The van der Waals surface area contributed by atoms with Crippen LogP contribution in [0.4, 0.5) is 13.2 Å². The topological polar surface area (TPSA) is 96.7 Å². The van der Waals surface area contributed by atoms with Gasteiger partial charge in [-0.25, -0.2) is 13.2 Å². The van der Waals surface area contributed by atoms with Gasteiger partial charge in [0.2, 0.25) is 0 Å². The van der Waals surface area contributed by atoms with Crippen LogP contribution in [-0.2, 0) is 27.4 Å². The third-order valence-corrected chi connectivity index (χ3v) is 9.25. The monoisotopic (exact) mass is 584 g/mol. The van der Waals surface area contributed by atoms with Crippen LogP contribution in [0.15, 0.2) is 82.6 Å². The summed E-state index contributed by atoms with van der Waals surface area (Å²) in [7, 11) is -4.48. The molecule has 0 aliphatic carbocycles. The Hall–Kier alpha value is -3.96. The summed E-state index contributed by atoms with van der Waals surface area (Å²) >= 11 is 0. The predicted octanol–water partition coefficient (Wildman–Crippen LogP) is 5.71. The fourth-order valence-electron chi connectivity index (χ4n) is 5.38. The quantitative estimate of drug-likeness (QED) is 0.300. The molecule has 0 amide bonds. The van der Waals surface area contributed by atoms with E-state index < -0.39 is 50.9 Å². The zero-order chi connectivity index (χ0) is 29.5. The number of carboxylic acids is 1. The molecule has 3 aromatic carbocycles. The fraction of sp³-hybridized carbons (Fsp3) is 0.267. The number of alkyl halides is 3. The van der Waals surface area contributed by atoms with Gasteiger partial charge in [0.05, 0.1) is 5.56 Å². The number of aliphatic carboxylic acids is 1. The van der Waals surface area contributed by atoms with Crippen molar-refractivity contribution in [2.24, 2.45) is 0 Å². The third-order valence-electron chi connectivity index (χ3n) is 7.35. The molecular weight excluding hydrogens is 557 g/mol. The number of fused-ring (bicyclic) bond motifs is 2. The summed E-state index contributed by atoms with van der Waals surface area (Å²) in [6, 6.07) is 16.8. The second-order valence-electron chi connectivity index (χ2n) is 10.0. The van der Waals surface area contributed by atoms with Crippen LogP contribution in [0.5, 0.6) is 0 Å². The number of unbranched alkanes of at least 4 members (excludes halogenated alkanes) is 1. The largest absolute Gasteiger partial charge is 0.480 e. The lowest BCUT2D eigenvalue weighted by atomic mass is 9.93. The lowest BCUT2D eigenvalue weighted by molar-refractivity contribution is -0.141. The maximum Gasteiger partial charge on any atom is 0.416 e. The van der Waals surface area contributed by atoms with Gasteiger partial charge in [0.1, 0.15) is 6.04 Å². The molecule has 0 unspecified atom stereocenters. The molecule has 1 atom stereocenters. The van der Waals surface area contributed by atoms with E-state index in [1.54, 1.807) is 12.1 Å². The number of hydrogen-bond donors (Lipinski definition) is 1. The van der Waals surface area contributed by atoms with Crippen molar-refractivity contribution in [3.63, 3.8) is 0 Å². The molecule has 11 heteroatoms. The van der Waals surface area contributed by atoms with Crippen LogP contribution < -0.4 is 5.56 Å². The average Bonchev–Trinajstić information content (AvgIpc) is 2.92. The zero-order valence-corrected chi connectivity index (χ0v) is 22.9. The van der Waals surface area contributed by atoms with Crippen molar-refractivity contribution in [3.05, 3.63) is 99.8 Å². The highest BCUT2D eigenvalue weighted by atomic mass is 32.2. The van der Waals surface area contributed by atoms with Crippen LogP contribution in [0.1, 0.15) is 42.5 Å². The summed E-state index contributed by atoms with van der Waals surface area (Å²) in [5, 5.41) is 11.2. The maximum absolute atomic E-state index is 14.1. The number of rotatable bonds is 7. The Balaban J connectivity index is 1.86. The second kappa shape index (κ2) is 10.8. The molecule has 1 aromatic heterocycles. The van der Waals surface area contributed by atoms with Gasteiger partial charge in [-0.1, -0.05) is 67.9 Å². The van der Waals surface area contributed by atoms with Crippen LogP contribution in [0.2, 0.25) is 0 Å². The number of pyridine rings is 1. The Morgan fingerprint density at radius 2 is 1.71 bits per heavy atom. The predicted molar refractivity (Wildman–Crippen MR) is 148 cm³/mol. The molecule has 1 aliphatic rings. The van der Waals surface area contributed by atoms with Gasteiger partial charge in [-0.15, -0.1) is 0 Å². The molecule has 4 aromatic rings. The van der Waals surface area contributed by atoms with Crippen molar-refractivity contribution in [2.75, 3.05) is 13.1 Å². The van der Waals surface area contributed by atoms with E-state index >= 15 is 0 Å². The number of benzene rings is 3. The van der Waals surface area contributed by atoms with Gasteiger partial charge in [-0.3, -0.25) is 9.36 Å². The number of sulfonamides is 1. The van der Waals surface area contributed by atoms with E-state index in [-0.39, 0.29) is 29.7 Å². The molecular formula is C30H27F3N2O5S. The number of carbonyl (C=O) groups is 1. The highest BCUT2D eigenvalue weighted by molar-refractivity contribution is 7.89. The molecule has 0 fully saturated rings. The number of nitrogens with zero attached hydrogens (tertiary/aromatic N) is 2. The van der Waals surface area contributed by atoms with Crippen LogP contribution in [0, 0.1) is 0 Å². The maximum atomic E-state index is 14.1. The van der Waals surface area contributed by atoms with Crippen LogP contribution in [0.25, 0.3) is 21.9 Å². The smallest absolute Gasteiger partial charge is 0.416 e. The summed E-state index contributed by atoms with van der Waals surface area (Å²) in [5.41, 5.74) is -1.13. The van der Waals surface area contributed by atoms with Gasteiger partial charge < -0.3 is 5.11 Å². The van der Waals surface area contributed by atoms with Crippen molar-refractivity contribution >= 4 is 26.8 Å². The highest BCUT2D eigenvalue weighted by Gasteiger charge is 2.43. The molecule has 0 spiro atoms. The summed E-state index contributed by atoms with van der Waals surface area (Å²) < 4.78 is 71.2. The Labute approximate surface area is 234 Å². The van der Waals surface area contributed by atoms with E-state index in [2.05, 4.69) is 0 Å². The molecule has 5 rings (SSSR count). The van der Waals surface area contributed by atoms with Gasteiger partial charge in [-0.05, 0) is 52.4 Å². The molecule has 7 nitrogen and oxygen atoms in total. The second-order valence-corrected chi connectivity index (χ2v) is 11.9. The zero-order valence-electron chi connectivity index (χ0n) is 22.1. The van der Waals surface area contributed by atoms with Gasteiger partial charge in [0.15, 0.2) is 5.03 Å². The molecule has 214 valence electrons. The van der Waals surface area contributed by atoms with E-state index in [1.165, 1.54) is 12.1 Å². The molecule has 0 radical (unpaired) electrons. The van der Waals surface area contributed by atoms with Gasteiger partial charge in [-0.2, -0.15) is 17.5 Å². The third kappa shape index (κ3) is 5.27. The van der Waals surface area contributed by atoms with Crippen molar-refractivity contribution in [1.29, 1.82) is 0 Å². The SMILES string of the molecule is CCCCN1C[C@H](C(=O)O)n2c(c(-c3cccc(C(F)(F)F)c3)c(Cc3cccc4ccccc34)cc2=O)S1(=O)=O. The lowest BCUT2D eigenvalue weighted by Crippen LogP contribution is -2.49. The Morgan fingerprint density at radius 3 is 2.41 bits per heavy atom. The first kappa shape index (κ1) is 28.6. The first-order valence-electron chi connectivity index (χ1n) is 13.1. The molecule has 1 aliphatic heterocycles. The van der Waals surface area contributed by atoms with Gasteiger partial charge in [0.25, 0.3) is 15.6 Å². The minimum Gasteiger partial charge on any atom is -0.480 e. The molecule has 1 N–H and O–H groups in total. The van der Waals surface area contributed by atoms with Crippen LogP contribution in [0.3, 0.4) is 0 Å². The number of aromatic nitrogens is 1. The summed E-state index contributed by atoms with van der Waals surface area (Å²) in [5.74, 6) is -1.42. The summed E-state index contributed by atoms with van der Waals surface area (Å²) in [6.07, 6.45) is -3.63. The summed E-state index contributed by atoms with van der Waals surface area (Å²) in [6.45, 7) is 1.39. The first-order valence-corrected chi connectivity index (χ1v) is 14.5. The van der Waals surface area contributed by atoms with Crippen molar-refractivity contribution in [1.82, 2.24) is 8.87 Å². The Kier molecular flexibility index (Phi) is 7.52. The highest BCUT2D eigenvalue weighted by Crippen LogP contribution is 2.40. The average molecular weight is 585 g/mol. The Morgan fingerprint density at radius 1 is 1.00 bits per heavy atom. The Bertz CT molecular complexity index is 1810. The fourth-order valence-corrected chi connectivity index (χ4v) is 7.30. The standard InChI is InChI=1S/C30H27F3N2O5S/c1-2-3-14-34-18-25(29(37)38)35-26(36)17-22(15-20-10-6-9-19-8-4-5-13-24(19)20)27(28(35)41(34,39)40)21-11-7-12-23(16-21)30(31,32)33/h4-13,16-17,25H,2-3,14-15,18H2,1H3,(H,37,38)/t25-/m1/s1. The van der Waals surface area contributed by atoms with Crippen molar-refractivity contribution < 1.29 is 31.5 Å². The van der Waals surface area contributed by atoms with Gasteiger partial charge in [0, 0.05) is 24.7 Å². The van der Waals surface area contributed by atoms with Gasteiger partial charge >= 0.3 is 12.1 Å². The van der Waals surface area contributed by atoms with Crippen molar-refractivity contribution in [3.8, 4) is 11.1 Å². The normalized spacial score (nSPS) is 16.9. The number of carboxylic acid groups (broad SMARTS) is 1. The minimum absolute atomic E-state index is 0.00633. The first-order chi connectivity index (χ1) is 19.4. The molecule has 41 heavy (non-hydrogen) atoms. The van der Waals surface area contributed by atoms with E-state index in [9.17, 15) is 36.3 Å². The lowest BCUT2D eigenvalue weighted by Gasteiger charge is -2.35. The summed E-state index contributed by atoms with van der Waals surface area (Å²) in [4.78, 5) is 25.8. The van der Waals surface area contributed by atoms with E-state index in [0.29, 0.717) is 17.4 Å². The van der Waals surface area contributed by atoms with Crippen LogP contribution in [-0.4, -0.2) is 41.5 Å².